The number of hydrogen-bond donors (Lipinski definition) is 0. The van der Waals surface area contributed by atoms with Gasteiger partial charge in [-0.25, -0.2) is 0 Å². The van der Waals surface area contributed by atoms with Crippen molar-refractivity contribution in [2.45, 2.75) is 0 Å². The second-order valence-corrected chi connectivity index (χ2v) is 5.34. The number of hydrogen-bond acceptors (Lipinski definition) is 3. The van der Waals surface area contributed by atoms with Crippen molar-refractivity contribution in [3.8, 4) is 0 Å². The Bertz CT molecular complexity index is 302. The Hall–Kier alpha value is 1.75. The molecule has 0 aliphatic heterocycles. The monoisotopic (exact) mass is 352 g/mol. The van der Waals surface area contributed by atoms with Gasteiger partial charge in [-0.2, -0.15) is 0 Å². The molecule has 1 rings (SSSR count). The average Bonchev–Trinajstić information content (AvgIpc) is 1.83. The van der Waals surface area contributed by atoms with Gasteiger partial charge < -0.3 is 14.7 Å². The van der Waals surface area contributed by atoms with Crippen molar-refractivity contribution in [1.29, 1.82) is 0 Å². The normalized spacial score (nSPS) is 10.8. The van der Waals surface area contributed by atoms with E-state index < -0.39 is 7.94 Å². The first kappa shape index (κ1) is 14.7. The molecule has 0 fully saturated rings. The molecule has 1 aromatic rings. The maximum atomic E-state index is 10.6. The molecule has 0 saturated heterocycles. The molecule has 66 valence electrons. The maximum Gasteiger partial charge on any atom is 2.00 e. The molecule has 0 spiro atoms. The third-order valence-corrected chi connectivity index (χ3v) is 3.64. The van der Waals surface area contributed by atoms with Gasteiger partial charge in [0.05, 0.1) is 9.78 Å². The van der Waals surface area contributed by atoms with Gasteiger partial charge >= 0.3 is 37.7 Å². The summed E-state index contributed by atoms with van der Waals surface area (Å²) in [5.74, 6) is 0. The molecule has 0 saturated carbocycles. The summed E-state index contributed by atoms with van der Waals surface area (Å²) in [6.07, 6.45) is 0. The van der Waals surface area contributed by atoms with Crippen LogP contribution in [-0.2, 0) is 0 Å². The number of rotatable bonds is 1. The molecule has 0 amide bonds. The Morgan fingerprint density at radius 1 is 1.08 bits per heavy atom. The van der Waals surface area contributed by atoms with Crippen molar-refractivity contribution in [2.24, 2.45) is 0 Å². The Kier molecular flexibility index (Phi) is 6.50. The quantitative estimate of drug-likeness (QED) is 0.495. The van der Waals surface area contributed by atoms with E-state index in [2.05, 4.69) is 31.9 Å². The second-order valence-electron chi connectivity index (χ2n) is 2.09. The van der Waals surface area contributed by atoms with E-state index in [4.69, 9.17) is 0 Å². The van der Waals surface area contributed by atoms with E-state index in [1.807, 2.05) is 0 Å². The van der Waals surface area contributed by atoms with Gasteiger partial charge in [0.15, 0.2) is 0 Å². The van der Waals surface area contributed by atoms with E-state index in [9.17, 15) is 14.7 Å². The fourth-order valence-electron chi connectivity index (χ4n) is 0.703. The standard InChI is InChI=1S/C6H5Br2O3P.Ca/c7-4-1-2-6(5(8)3-4)12(9,10)11;/h1-3H,(H2,9,10,11);/q;+2/p-2. The SMILES string of the molecule is [Ca+2].[O-][P+]([O-])([O-])c1ccc(Br)cc1Br. The van der Waals surface area contributed by atoms with Crippen molar-refractivity contribution in [2.75, 3.05) is 0 Å². The summed E-state index contributed by atoms with van der Waals surface area (Å²) in [7, 11) is -4.64. The summed E-state index contributed by atoms with van der Waals surface area (Å²) < 4.78 is 0.997. The van der Waals surface area contributed by atoms with E-state index in [0.717, 1.165) is 0 Å². The summed E-state index contributed by atoms with van der Waals surface area (Å²) in [4.78, 5) is 31.8. The van der Waals surface area contributed by atoms with Gasteiger partial charge in [0, 0.05) is 4.47 Å². The third kappa shape index (κ3) is 4.41. The first-order chi connectivity index (χ1) is 5.41. The van der Waals surface area contributed by atoms with Gasteiger partial charge in [0.25, 0.3) is 0 Å². The Balaban J connectivity index is 0.00000144. The molecule has 0 aromatic heterocycles. The molecule has 0 bridgehead atoms. The first-order valence-corrected chi connectivity index (χ1v) is 6.02. The van der Waals surface area contributed by atoms with Crippen molar-refractivity contribution in [3.05, 3.63) is 27.1 Å². The molecule has 0 heterocycles. The molecular weight excluding hydrogens is 351 g/mol. The number of halogens is 2. The fraction of sp³-hybridized carbons (Fsp3) is 0. The first-order valence-electron chi connectivity index (χ1n) is 2.89. The maximum absolute atomic E-state index is 10.6. The zero-order valence-corrected chi connectivity index (χ0v) is 12.6. The van der Waals surface area contributed by atoms with E-state index in [0.29, 0.717) is 4.47 Å². The van der Waals surface area contributed by atoms with Crippen molar-refractivity contribution < 1.29 is 14.7 Å². The van der Waals surface area contributed by atoms with Gasteiger partial charge in [-0.05, 0) is 34.1 Å². The molecule has 0 unspecified atom stereocenters. The van der Waals surface area contributed by atoms with Crippen LogP contribution in [0.5, 0.6) is 0 Å². The van der Waals surface area contributed by atoms with E-state index in [1.54, 1.807) is 0 Å². The topological polar surface area (TPSA) is 69.2 Å². The molecule has 0 aliphatic rings. The summed E-state index contributed by atoms with van der Waals surface area (Å²) in [6, 6.07) is 4.27. The molecule has 7 heteroatoms. The third-order valence-electron chi connectivity index (χ3n) is 1.20. The molecule has 0 radical (unpaired) electrons. The van der Waals surface area contributed by atoms with Crippen LogP contribution in [0.3, 0.4) is 0 Å². The van der Waals surface area contributed by atoms with Crippen LogP contribution in [-0.4, -0.2) is 37.7 Å². The van der Waals surface area contributed by atoms with Crippen LogP contribution in [0.25, 0.3) is 0 Å². The van der Waals surface area contributed by atoms with Gasteiger partial charge in [0.1, 0.15) is 0 Å². The van der Waals surface area contributed by atoms with Gasteiger partial charge in [-0.1, -0.05) is 15.9 Å². The summed E-state index contributed by atoms with van der Waals surface area (Å²) in [5.41, 5.74) is 0. The van der Waals surface area contributed by atoms with Crippen LogP contribution in [0.4, 0.5) is 0 Å². The fourth-order valence-corrected chi connectivity index (χ4v) is 2.99. The van der Waals surface area contributed by atoms with Gasteiger partial charge in [-0.15, -0.1) is 7.94 Å². The predicted molar refractivity (Wildman–Crippen MR) is 54.2 cm³/mol. The Morgan fingerprint density at radius 2 is 1.62 bits per heavy atom. The van der Waals surface area contributed by atoms with E-state index >= 15 is 0 Å². The minimum atomic E-state index is -4.64. The predicted octanol–water partition coefficient (Wildman–Crippen LogP) is -0.700. The Morgan fingerprint density at radius 3 is 2.00 bits per heavy atom. The van der Waals surface area contributed by atoms with Gasteiger partial charge in [-0.3, -0.25) is 0 Å². The van der Waals surface area contributed by atoms with Crippen LogP contribution < -0.4 is 20.0 Å². The van der Waals surface area contributed by atoms with E-state index in [1.165, 1.54) is 18.2 Å². The molecule has 1 aromatic carbocycles. The minimum Gasteiger partial charge on any atom is -0.683 e. The smallest absolute Gasteiger partial charge is 0.683 e. The van der Waals surface area contributed by atoms with Crippen molar-refractivity contribution in [3.63, 3.8) is 0 Å². The van der Waals surface area contributed by atoms with E-state index in [-0.39, 0.29) is 47.5 Å². The van der Waals surface area contributed by atoms with Crippen LogP contribution in [0, 0.1) is 0 Å². The van der Waals surface area contributed by atoms with Gasteiger partial charge in [0.2, 0.25) is 0 Å². The van der Waals surface area contributed by atoms with Crippen LogP contribution in [0.2, 0.25) is 0 Å². The molecule has 3 nitrogen and oxygen atoms in total. The number of benzene rings is 1. The zero-order chi connectivity index (χ0) is 9.35. The van der Waals surface area contributed by atoms with Crippen molar-refractivity contribution in [1.82, 2.24) is 0 Å². The molecule has 13 heavy (non-hydrogen) atoms. The average molecular weight is 354 g/mol. The Labute approximate surface area is 123 Å². The zero-order valence-electron chi connectivity index (χ0n) is 6.37. The van der Waals surface area contributed by atoms with Crippen LogP contribution in [0.1, 0.15) is 0 Å². The van der Waals surface area contributed by atoms with Crippen LogP contribution in [0.15, 0.2) is 27.1 Å². The summed E-state index contributed by atoms with van der Waals surface area (Å²) >= 11 is 6.12. The molecular formula is C6H3Br2CaO3P. The summed E-state index contributed by atoms with van der Waals surface area (Å²) in [6.45, 7) is 0. The molecule has 0 atom stereocenters. The molecule has 0 aliphatic carbocycles. The van der Waals surface area contributed by atoms with Crippen molar-refractivity contribution >= 4 is 82.8 Å². The summed E-state index contributed by atoms with van der Waals surface area (Å²) in [5, 5.41) is -0.217. The second kappa shape index (κ2) is 5.73. The minimum absolute atomic E-state index is 0. The largest absolute Gasteiger partial charge is 2.00 e. The van der Waals surface area contributed by atoms with Crippen LogP contribution >= 0.6 is 39.8 Å². The molecule has 0 N–H and O–H groups in total.